The summed E-state index contributed by atoms with van der Waals surface area (Å²) >= 11 is 0. The molecule has 6 nitrogen and oxygen atoms in total. The van der Waals surface area contributed by atoms with E-state index in [4.69, 9.17) is 0 Å². The van der Waals surface area contributed by atoms with Gasteiger partial charge in [0.1, 0.15) is 6.54 Å². The van der Waals surface area contributed by atoms with Crippen LogP contribution in [0.4, 0.5) is 19.3 Å². The fraction of sp³-hybridized carbons (Fsp3) is 0.692. The number of aliphatic hydroxyl groups is 1. The Labute approximate surface area is 121 Å². The quantitative estimate of drug-likeness (QED) is 0.776. The highest BCUT2D eigenvalue weighted by molar-refractivity contribution is 5.89. The van der Waals surface area contributed by atoms with Crippen molar-refractivity contribution in [2.45, 2.75) is 45.2 Å². The molecule has 118 valence electrons. The van der Waals surface area contributed by atoms with Crippen LogP contribution in [0.5, 0.6) is 0 Å². The van der Waals surface area contributed by atoms with Gasteiger partial charge in [-0.05, 0) is 12.8 Å². The predicted octanol–water partition coefficient (Wildman–Crippen LogP) is 1.82. The summed E-state index contributed by atoms with van der Waals surface area (Å²) in [4.78, 5) is 11.9. The Hall–Kier alpha value is -1.70. The van der Waals surface area contributed by atoms with E-state index < -0.39 is 19.0 Å². The lowest BCUT2D eigenvalue weighted by atomic mass is 9.86. The maximum atomic E-state index is 12.2. The van der Waals surface area contributed by atoms with E-state index in [2.05, 4.69) is 15.7 Å². The number of anilines is 1. The maximum Gasteiger partial charge on any atom is 0.319 e. The lowest BCUT2D eigenvalue weighted by Crippen LogP contribution is -2.46. The van der Waals surface area contributed by atoms with Crippen LogP contribution in [0.2, 0.25) is 0 Å². The second kappa shape index (κ2) is 6.38. The second-order valence-electron chi connectivity index (χ2n) is 5.70. The SMILES string of the molecule is CC1(CO)CCCC1NC(=O)Nc1cnn(CC(F)F)c1. The van der Waals surface area contributed by atoms with E-state index in [1.165, 1.54) is 12.4 Å². The normalized spacial score (nSPS) is 25.3. The lowest BCUT2D eigenvalue weighted by molar-refractivity contribution is 0.122. The molecule has 2 amide bonds. The summed E-state index contributed by atoms with van der Waals surface area (Å²) in [6.07, 6.45) is 2.81. The monoisotopic (exact) mass is 302 g/mol. The van der Waals surface area contributed by atoms with Gasteiger partial charge in [-0.2, -0.15) is 5.10 Å². The molecule has 0 aromatic carbocycles. The van der Waals surface area contributed by atoms with Crippen molar-refractivity contribution >= 4 is 11.7 Å². The first-order valence-corrected chi connectivity index (χ1v) is 6.92. The maximum absolute atomic E-state index is 12.2. The van der Waals surface area contributed by atoms with Crippen LogP contribution in [-0.2, 0) is 6.54 Å². The van der Waals surface area contributed by atoms with E-state index >= 15 is 0 Å². The van der Waals surface area contributed by atoms with Crippen molar-refractivity contribution in [2.24, 2.45) is 5.41 Å². The van der Waals surface area contributed by atoms with Gasteiger partial charge in [-0.3, -0.25) is 4.68 Å². The Morgan fingerprint density at radius 3 is 3.10 bits per heavy atom. The summed E-state index contributed by atoms with van der Waals surface area (Å²) in [5.41, 5.74) is 0.0499. The van der Waals surface area contributed by atoms with Gasteiger partial charge in [0.05, 0.1) is 18.5 Å². The lowest BCUT2D eigenvalue weighted by Gasteiger charge is -2.29. The number of hydrogen-bond donors (Lipinski definition) is 3. The van der Waals surface area contributed by atoms with Crippen LogP contribution in [0.15, 0.2) is 12.4 Å². The molecule has 0 spiro atoms. The molecule has 0 aliphatic heterocycles. The van der Waals surface area contributed by atoms with Crippen LogP contribution in [0.25, 0.3) is 0 Å². The summed E-state index contributed by atoms with van der Waals surface area (Å²) in [5, 5.41) is 18.6. The van der Waals surface area contributed by atoms with Gasteiger partial charge in [0.2, 0.25) is 0 Å². The zero-order chi connectivity index (χ0) is 15.5. The molecule has 2 unspecified atom stereocenters. The number of nitrogens with one attached hydrogen (secondary N) is 2. The number of urea groups is 1. The average molecular weight is 302 g/mol. The Balaban J connectivity index is 1.88. The molecule has 8 heteroatoms. The zero-order valence-electron chi connectivity index (χ0n) is 11.9. The third-order valence-corrected chi connectivity index (χ3v) is 3.96. The molecule has 1 aliphatic rings. The van der Waals surface area contributed by atoms with E-state index in [-0.39, 0.29) is 18.1 Å². The molecule has 2 atom stereocenters. The Morgan fingerprint density at radius 2 is 2.43 bits per heavy atom. The Bertz CT molecular complexity index is 494. The van der Waals surface area contributed by atoms with Crippen LogP contribution < -0.4 is 10.6 Å². The van der Waals surface area contributed by atoms with Crippen LogP contribution in [0.3, 0.4) is 0 Å². The molecule has 1 aromatic heterocycles. The molecule has 1 aliphatic carbocycles. The molecule has 2 rings (SSSR count). The van der Waals surface area contributed by atoms with Gasteiger partial charge in [0.25, 0.3) is 6.43 Å². The first-order valence-electron chi connectivity index (χ1n) is 6.92. The second-order valence-corrected chi connectivity index (χ2v) is 5.70. The number of rotatable bonds is 5. The molecule has 0 saturated heterocycles. The minimum absolute atomic E-state index is 0.0181. The molecular weight excluding hydrogens is 282 g/mol. The number of aliphatic hydroxyl groups excluding tert-OH is 1. The standard InChI is InChI=1S/C13H20F2N4O2/c1-13(8-20)4-2-3-10(13)18-12(21)17-9-5-16-19(6-9)7-11(14)15/h5-6,10-11,20H,2-4,7-8H2,1H3,(H2,17,18,21). The van der Waals surface area contributed by atoms with E-state index in [1.54, 1.807) is 0 Å². The van der Waals surface area contributed by atoms with E-state index in [0.717, 1.165) is 23.9 Å². The highest BCUT2D eigenvalue weighted by Gasteiger charge is 2.39. The van der Waals surface area contributed by atoms with Crippen molar-refractivity contribution in [1.82, 2.24) is 15.1 Å². The largest absolute Gasteiger partial charge is 0.396 e. The van der Waals surface area contributed by atoms with Gasteiger partial charge < -0.3 is 15.7 Å². The fourth-order valence-corrected chi connectivity index (χ4v) is 2.66. The van der Waals surface area contributed by atoms with E-state index in [0.29, 0.717) is 5.69 Å². The first kappa shape index (κ1) is 15.7. The summed E-state index contributed by atoms with van der Waals surface area (Å²) < 4.78 is 25.5. The third-order valence-electron chi connectivity index (χ3n) is 3.96. The smallest absolute Gasteiger partial charge is 0.319 e. The van der Waals surface area contributed by atoms with Crippen molar-refractivity contribution in [3.63, 3.8) is 0 Å². The molecular formula is C13H20F2N4O2. The van der Waals surface area contributed by atoms with Gasteiger partial charge in [-0.15, -0.1) is 0 Å². The van der Waals surface area contributed by atoms with Gasteiger partial charge in [-0.1, -0.05) is 13.3 Å². The van der Waals surface area contributed by atoms with Crippen LogP contribution >= 0.6 is 0 Å². The number of carbonyl (C=O) groups is 1. The van der Waals surface area contributed by atoms with Gasteiger partial charge >= 0.3 is 6.03 Å². The molecule has 1 heterocycles. The molecule has 0 bridgehead atoms. The summed E-state index contributed by atoms with van der Waals surface area (Å²) in [5.74, 6) is 0. The van der Waals surface area contributed by atoms with Crippen molar-refractivity contribution in [3.05, 3.63) is 12.4 Å². The minimum atomic E-state index is -2.49. The molecule has 1 saturated carbocycles. The Morgan fingerprint density at radius 1 is 1.67 bits per heavy atom. The summed E-state index contributed by atoms with van der Waals surface area (Å²) in [7, 11) is 0. The Kier molecular flexibility index (Phi) is 4.76. The van der Waals surface area contributed by atoms with Crippen LogP contribution in [0.1, 0.15) is 26.2 Å². The number of aromatic nitrogens is 2. The van der Waals surface area contributed by atoms with Crippen LogP contribution in [0, 0.1) is 5.41 Å². The highest BCUT2D eigenvalue weighted by atomic mass is 19.3. The summed E-state index contributed by atoms with van der Waals surface area (Å²) in [6.45, 7) is 1.45. The van der Waals surface area contributed by atoms with Crippen molar-refractivity contribution in [3.8, 4) is 0 Å². The third kappa shape index (κ3) is 3.90. The van der Waals surface area contributed by atoms with Crippen molar-refractivity contribution in [2.75, 3.05) is 11.9 Å². The minimum Gasteiger partial charge on any atom is -0.396 e. The summed E-state index contributed by atoms with van der Waals surface area (Å²) in [6, 6.07) is -0.517. The van der Waals surface area contributed by atoms with E-state index in [9.17, 15) is 18.7 Å². The number of carbonyl (C=O) groups excluding carboxylic acids is 1. The number of hydrogen-bond acceptors (Lipinski definition) is 3. The molecule has 0 radical (unpaired) electrons. The molecule has 1 aromatic rings. The number of halogens is 2. The molecule has 3 N–H and O–H groups in total. The number of alkyl halides is 2. The molecule has 1 fully saturated rings. The van der Waals surface area contributed by atoms with E-state index in [1.807, 2.05) is 6.92 Å². The van der Waals surface area contributed by atoms with Gasteiger partial charge in [0.15, 0.2) is 0 Å². The number of amides is 2. The van der Waals surface area contributed by atoms with Crippen LogP contribution in [-0.4, -0.2) is 40.0 Å². The molecule has 21 heavy (non-hydrogen) atoms. The van der Waals surface area contributed by atoms with Gasteiger partial charge in [0, 0.05) is 17.7 Å². The topological polar surface area (TPSA) is 79.2 Å². The van der Waals surface area contributed by atoms with Crippen molar-refractivity contribution < 1.29 is 18.7 Å². The van der Waals surface area contributed by atoms with Crippen molar-refractivity contribution in [1.29, 1.82) is 0 Å². The average Bonchev–Trinajstić information content (AvgIpc) is 2.97. The van der Waals surface area contributed by atoms with Gasteiger partial charge in [-0.25, -0.2) is 13.6 Å². The number of nitrogens with zero attached hydrogens (tertiary/aromatic N) is 2. The fourth-order valence-electron chi connectivity index (χ4n) is 2.66. The first-order chi connectivity index (χ1) is 9.93. The predicted molar refractivity (Wildman–Crippen MR) is 73.2 cm³/mol. The zero-order valence-corrected chi connectivity index (χ0v) is 11.9. The highest BCUT2D eigenvalue weighted by Crippen LogP contribution is 2.37.